The number of pyridine rings is 1. The maximum Gasteiger partial charge on any atom is 0.0410 e. The third-order valence-corrected chi connectivity index (χ3v) is 5.16. The van der Waals surface area contributed by atoms with Crippen molar-refractivity contribution < 1.29 is 0 Å². The van der Waals surface area contributed by atoms with Gasteiger partial charge in [0, 0.05) is 22.9 Å². The Morgan fingerprint density at radius 2 is 2.11 bits per heavy atom. The SMILES string of the molecule is CCCNC(Cc1cncc(Br)c1)C1CC2CC2C1. The molecule has 0 amide bonds. The van der Waals surface area contributed by atoms with Crippen LogP contribution in [0.5, 0.6) is 0 Å². The van der Waals surface area contributed by atoms with E-state index in [0.717, 1.165) is 35.2 Å². The molecule has 0 aromatic carbocycles. The first-order chi connectivity index (χ1) is 9.26. The van der Waals surface area contributed by atoms with Crippen LogP contribution in [0.4, 0.5) is 0 Å². The number of nitrogens with zero attached hydrogens (tertiary/aromatic N) is 1. The average molecular weight is 323 g/mol. The van der Waals surface area contributed by atoms with E-state index in [1.54, 1.807) is 0 Å². The molecule has 2 aliphatic carbocycles. The van der Waals surface area contributed by atoms with E-state index in [-0.39, 0.29) is 0 Å². The second-order valence-corrected chi connectivity index (χ2v) is 7.18. The zero-order valence-electron chi connectivity index (χ0n) is 11.6. The molecule has 1 aromatic heterocycles. The fourth-order valence-electron chi connectivity index (χ4n) is 3.65. The molecule has 0 spiro atoms. The van der Waals surface area contributed by atoms with Gasteiger partial charge in [-0.2, -0.15) is 0 Å². The minimum atomic E-state index is 0.642. The Morgan fingerprint density at radius 1 is 1.32 bits per heavy atom. The number of rotatable bonds is 6. The van der Waals surface area contributed by atoms with Crippen molar-refractivity contribution in [2.24, 2.45) is 17.8 Å². The molecular formula is C16H23BrN2. The Kier molecular flexibility index (Phi) is 4.23. The van der Waals surface area contributed by atoms with Crippen molar-refractivity contribution in [3.63, 3.8) is 0 Å². The van der Waals surface area contributed by atoms with E-state index < -0.39 is 0 Å². The molecule has 19 heavy (non-hydrogen) atoms. The first-order valence-electron chi connectivity index (χ1n) is 7.59. The van der Waals surface area contributed by atoms with Gasteiger partial charge in [-0.1, -0.05) is 6.92 Å². The van der Waals surface area contributed by atoms with Crippen molar-refractivity contribution >= 4 is 15.9 Å². The first-order valence-corrected chi connectivity index (χ1v) is 8.38. The van der Waals surface area contributed by atoms with Crippen molar-refractivity contribution in [3.8, 4) is 0 Å². The van der Waals surface area contributed by atoms with Crippen LogP contribution in [0, 0.1) is 17.8 Å². The smallest absolute Gasteiger partial charge is 0.0410 e. The van der Waals surface area contributed by atoms with E-state index in [1.807, 2.05) is 12.4 Å². The van der Waals surface area contributed by atoms with Gasteiger partial charge in [0.1, 0.15) is 0 Å². The highest BCUT2D eigenvalue weighted by atomic mass is 79.9. The van der Waals surface area contributed by atoms with Crippen LogP contribution < -0.4 is 5.32 Å². The van der Waals surface area contributed by atoms with E-state index in [0.29, 0.717) is 6.04 Å². The average Bonchev–Trinajstić information content (AvgIpc) is 3.01. The summed E-state index contributed by atoms with van der Waals surface area (Å²) in [7, 11) is 0. The van der Waals surface area contributed by atoms with Crippen molar-refractivity contribution in [2.75, 3.05) is 6.54 Å². The van der Waals surface area contributed by atoms with Crippen molar-refractivity contribution in [3.05, 3.63) is 28.5 Å². The lowest BCUT2D eigenvalue weighted by atomic mass is 9.90. The summed E-state index contributed by atoms with van der Waals surface area (Å²) >= 11 is 3.52. The van der Waals surface area contributed by atoms with Gasteiger partial charge in [-0.05, 0) is 84.0 Å². The van der Waals surface area contributed by atoms with E-state index in [2.05, 4.69) is 39.2 Å². The number of hydrogen-bond donors (Lipinski definition) is 1. The van der Waals surface area contributed by atoms with Crippen molar-refractivity contribution in [1.29, 1.82) is 0 Å². The van der Waals surface area contributed by atoms with Crippen LogP contribution in [-0.4, -0.2) is 17.6 Å². The van der Waals surface area contributed by atoms with Crippen molar-refractivity contribution in [2.45, 2.75) is 45.1 Å². The van der Waals surface area contributed by atoms with Gasteiger partial charge < -0.3 is 5.32 Å². The molecule has 0 aliphatic heterocycles. The lowest BCUT2D eigenvalue weighted by Gasteiger charge is -2.26. The summed E-state index contributed by atoms with van der Waals surface area (Å²) in [6.45, 7) is 3.38. The quantitative estimate of drug-likeness (QED) is 0.861. The van der Waals surface area contributed by atoms with Gasteiger partial charge in [-0.25, -0.2) is 0 Å². The predicted octanol–water partition coefficient (Wildman–Crippen LogP) is 3.80. The molecule has 2 fully saturated rings. The Morgan fingerprint density at radius 3 is 2.79 bits per heavy atom. The molecule has 2 nitrogen and oxygen atoms in total. The van der Waals surface area contributed by atoms with E-state index in [1.165, 1.54) is 31.2 Å². The van der Waals surface area contributed by atoms with Gasteiger partial charge in [0.25, 0.3) is 0 Å². The van der Waals surface area contributed by atoms with Gasteiger partial charge >= 0.3 is 0 Å². The summed E-state index contributed by atoms with van der Waals surface area (Å²) < 4.78 is 1.09. The van der Waals surface area contributed by atoms with Crippen LogP contribution in [0.15, 0.2) is 22.9 Å². The molecule has 2 aliphatic rings. The Labute approximate surface area is 124 Å². The highest BCUT2D eigenvalue weighted by Gasteiger charge is 2.47. The third-order valence-electron chi connectivity index (χ3n) is 4.72. The normalized spacial score (nSPS) is 30.1. The lowest BCUT2D eigenvalue weighted by Crippen LogP contribution is -2.38. The van der Waals surface area contributed by atoms with Crippen LogP contribution in [0.25, 0.3) is 0 Å². The summed E-state index contributed by atoms with van der Waals surface area (Å²) in [5.74, 6) is 3.02. The molecule has 2 saturated carbocycles. The van der Waals surface area contributed by atoms with Gasteiger partial charge in [0.15, 0.2) is 0 Å². The van der Waals surface area contributed by atoms with Gasteiger partial charge in [-0.15, -0.1) is 0 Å². The van der Waals surface area contributed by atoms with Crippen LogP contribution >= 0.6 is 15.9 Å². The summed E-state index contributed by atoms with van der Waals surface area (Å²) in [6.07, 6.45) is 10.6. The Hall–Kier alpha value is -0.410. The van der Waals surface area contributed by atoms with Gasteiger partial charge in [0.2, 0.25) is 0 Å². The summed E-state index contributed by atoms with van der Waals surface area (Å²) in [5.41, 5.74) is 1.35. The van der Waals surface area contributed by atoms with Crippen LogP contribution in [-0.2, 0) is 6.42 Å². The zero-order chi connectivity index (χ0) is 13.2. The minimum Gasteiger partial charge on any atom is -0.313 e. The van der Waals surface area contributed by atoms with E-state index in [9.17, 15) is 0 Å². The largest absolute Gasteiger partial charge is 0.313 e. The molecule has 1 aromatic rings. The van der Waals surface area contributed by atoms with Gasteiger partial charge in [-0.3, -0.25) is 4.98 Å². The fourth-order valence-corrected chi connectivity index (χ4v) is 4.06. The highest BCUT2D eigenvalue weighted by Crippen LogP contribution is 2.55. The molecule has 3 heteroatoms. The van der Waals surface area contributed by atoms with E-state index >= 15 is 0 Å². The number of fused-ring (bicyclic) bond motifs is 1. The Bertz CT molecular complexity index is 425. The molecule has 0 radical (unpaired) electrons. The maximum absolute atomic E-state index is 4.29. The molecule has 3 rings (SSSR count). The highest BCUT2D eigenvalue weighted by molar-refractivity contribution is 9.10. The molecule has 104 valence electrons. The molecule has 3 atom stereocenters. The molecule has 0 bridgehead atoms. The number of hydrogen-bond acceptors (Lipinski definition) is 2. The maximum atomic E-state index is 4.29. The number of aromatic nitrogens is 1. The first kappa shape index (κ1) is 13.6. The lowest BCUT2D eigenvalue weighted by molar-refractivity contribution is 0.332. The van der Waals surface area contributed by atoms with Crippen LogP contribution in [0.1, 0.15) is 38.2 Å². The third kappa shape index (κ3) is 3.38. The van der Waals surface area contributed by atoms with Crippen molar-refractivity contribution in [1.82, 2.24) is 10.3 Å². The second-order valence-electron chi connectivity index (χ2n) is 6.26. The Balaban J connectivity index is 1.64. The predicted molar refractivity (Wildman–Crippen MR) is 82.0 cm³/mol. The van der Waals surface area contributed by atoms with Gasteiger partial charge in [0.05, 0.1) is 0 Å². The standard InChI is InChI=1S/C16H23BrN2/c1-2-3-19-16(14-7-12-6-13(12)8-14)5-11-4-15(17)10-18-9-11/h4,9-10,12-14,16,19H,2-3,5-8H2,1H3. The monoisotopic (exact) mass is 322 g/mol. The molecular weight excluding hydrogens is 300 g/mol. The second kappa shape index (κ2) is 5.92. The van der Waals surface area contributed by atoms with Crippen LogP contribution in [0.2, 0.25) is 0 Å². The molecule has 1 heterocycles. The summed E-state index contributed by atoms with van der Waals surface area (Å²) in [5, 5.41) is 3.78. The summed E-state index contributed by atoms with van der Waals surface area (Å²) in [4.78, 5) is 4.29. The number of nitrogens with one attached hydrogen (secondary N) is 1. The van der Waals surface area contributed by atoms with Crippen LogP contribution in [0.3, 0.4) is 0 Å². The fraction of sp³-hybridized carbons (Fsp3) is 0.688. The molecule has 3 unspecified atom stereocenters. The molecule has 0 saturated heterocycles. The zero-order valence-corrected chi connectivity index (χ0v) is 13.2. The number of halogens is 1. The summed E-state index contributed by atoms with van der Waals surface area (Å²) in [6, 6.07) is 2.85. The van der Waals surface area contributed by atoms with E-state index in [4.69, 9.17) is 0 Å². The minimum absolute atomic E-state index is 0.642. The topological polar surface area (TPSA) is 24.9 Å². The molecule has 1 N–H and O–H groups in total.